The lowest BCUT2D eigenvalue weighted by Gasteiger charge is -2.30. The number of aromatic nitrogens is 2. The van der Waals surface area contributed by atoms with Crippen molar-refractivity contribution >= 4 is 33.1 Å². The van der Waals surface area contributed by atoms with Gasteiger partial charge >= 0.3 is 0 Å². The van der Waals surface area contributed by atoms with Crippen LogP contribution in [0.5, 0.6) is 0 Å². The average Bonchev–Trinajstić information content (AvgIpc) is 3.37. The van der Waals surface area contributed by atoms with Gasteiger partial charge in [-0.05, 0) is 18.6 Å². The lowest BCUT2D eigenvalue weighted by atomic mass is 10.0. The minimum absolute atomic E-state index is 0.128. The van der Waals surface area contributed by atoms with Crippen molar-refractivity contribution in [1.82, 2.24) is 15.3 Å². The number of hydrogen-bond donors (Lipinski definition) is 3. The first-order valence-corrected chi connectivity index (χ1v) is 10.9. The van der Waals surface area contributed by atoms with Crippen molar-refractivity contribution in [1.29, 1.82) is 0 Å². The number of fused-ring (bicyclic) bond motifs is 2. The smallest absolute Gasteiger partial charge is 0.254 e. The molecule has 9 heteroatoms. The van der Waals surface area contributed by atoms with Crippen LogP contribution in [0.2, 0.25) is 0 Å². The molecule has 5 rings (SSSR count). The van der Waals surface area contributed by atoms with E-state index < -0.39 is 5.82 Å². The van der Waals surface area contributed by atoms with Gasteiger partial charge in [0.05, 0.1) is 22.7 Å². The Kier molecular flexibility index (Phi) is 5.94. The van der Waals surface area contributed by atoms with Crippen molar-refractivity contribution in [2.75, 3.05) is 18.5 Å². The summed E-state index contributed by atoms with van der Waals surface area (Å²) < 4.78 is 21.5. The van der Waals surface area contributed by atoms with E-state index in [2.05, 4.69) is 20.6 Å². The van der Waals surface area contributed by atoms with E-state index in [1.807, 2.05) is 26.0 Å². The summed E-state index contributed by atoms with van der Waals surface area (Å²) >= 11 is 1.50. The van der Waals surface area contributed by atoms with Crippen molar-refractivity contribution in [3.8, 4) is 10.6 Å². The van der Waals surface area contributed by atoms with Crippen LogP contribution in [-0.4, -0.2) is 41.2 Å². The molecule has 5 heterocycles. The third-order valence-electron chi connectivity index (χ3n) is 5.16. The summed E-state index contributed by atoms with van der Waals surface area (Å²) in [6, 6.07) is 3.46. The highest BCUT2D eigenvalue weighted by Gasteiger charge is 2.32. The molecule has 0 spiro atoms. The molecule has 3 aromatic heterocycles. The predicted octanol–water partition coefficient (Wildman–Crippen LogP) is 3.30. The average molecular weight is 430 g/mol. The van der Waals surface area contributed by atoms with Crippen LogP contribution >= 0.6 is 11.3 Å². The topological polar surface area (TPSA) is 102 Å². The molecule has 1 saturated heterocycles. The number of halogens is 1. The molecule has 0 aliphatic carbocycles. The van der Waals surface area contributed by atoms with Gasteiger partial charge in [0.25, 0.3) is 5.91 Å². The first kappa shape index (κ1) is 20.6. The summed E-state index contributed by atoms with van der Waals surface area (Å²) in [5.41, 5.74) is 7.23. The van der Waals surface area contributed by atoms with Gasteiger partial charge in [0.1, 0.15) is 0 Å². The fraction of sp³-hybridized carbons (Fsp3) is 0.381. The quantitative estimate of drug-likeness (QED) is 0.591. The molecule has 2 atom stereocenters. The highest BCUT2D eigenvalue weighted by molar-refractivity contribution is 7.22. The molecule has 2 aliphatic rings. The lowest BCUT2D eigenvalue weighted by molar-refractivity contribution is 0.0751. The third kappa shape index (κ3) is 3.64. The number of nitrogens with zero attached hydrogens (tertiary/aromatic N) is 2. The van der Waals surface area contributed by atoms with Gasteiger partial charge in [0.2, 0.25) is 0 Å². The Balaban J connectivity index is 0.00000106. The van der Waals surface area contributed by atoms with E-state index in [0.29, 0.717) is 36.5 Å². The van der Waals surface area contributed by atoms with E-state index in [1.54, 1.807) is 12.4 Å². The van der Waals surface area contributed by atoms with Gasteiger partial charge < -0.3 is 21.1 Å². The predicted molar refractivity (Wildman–Crippen MR) is 116 cm³/mol. The molecule has 2 unspecified atom stereocenters. The fourth-order valence-electron chi connectivity index (χ4n) is 3.67. The maximum atomic E-state index is 15.1. The zero-order chi connectivity index (χ0) is 21.3. The number of carbonyl (C=O) groups is 1. The number of thiophene rings is 1. The van der Waals surface area contributed by atoms with E-state index in [0.717, 1.165) is 15.0 Å². The van der Waals surface area contributed by atoms with Crippen molar-refractivity contribution in [2.45, 2.75) is 38.9 Å². The molecular weight excluding hydrogens is 405 g/mol. The van der Waals surface area contributed by atoms with E-state index in [-0.39, 0.29) is 30.4 Å². The van der Waals surface area contributed by atoms with Crippen LogP contribution in [0.1, 0.15) is 36.2 Å². The Bertz CT molecular complexity index is 1050. The fourth-order valence-corrected chi connectivity index (χ4v) is 4.70. The molecule has 1 amide bonds. The van der Waals surface area contributed by atoms with Crippen molar-refractivity contribution < 1.29 is 13.9 Å². The summed E-state index contributed by atoms with van der Waals surface area (Å²) in [7, 11) is 0. The van der Waals surface area contributed by atoms with E-state index in [1.165, 1.54) is 11.3 Å². The summed E-state index contributed by atoms with van der Waals surface area (Å²) in [6.07, 6.45) is 4.15. The zero-order valence-corrected chi connectivity index (χ0v) is 17.7. The highest BCUT2D eigenvalue weighted by atomic mass is 32.1. The van der Waals surface area contributed by atoms with Gasteiger partial charge in [-0.2, -0.15) is 0 Å². The monoisotopic (exact) mass is 429 g/mol. The minimum atomic E-state index is -0.501. The SMILES string of the molecule is CC.NC1COCCC1Nc1nc(-c2cc3cnccc3s2)c2c(c1F)CNC2=O. The van der Waals surface area contributed by atoms with Crippen molar-refractivity contribution in [3.05, 3.63) is 41.5 Å². The van der Waals surface area contributed by atoms with Crippen molar-refractivity contribution in [3.63, 3.8) is 0 Å². The molecule has 4 N–H and O–H groups in total. The first-order chi connectivity index (χ1) is 14.6. The summed E-state index contributed by atoms with van der Waals surface area (Å²) in [6.45, 7) is 5.13. The lowest BCUT2D eigenvalue weighted by Crippen LogP contribution is -2.48. The molecule has 0 bridgehead atoms. The van der Waals surface area contributed by atoms with E-state index in [4.69, 9.17) is 10.5 Å². The van der Waals surface area contributed by atoms with Crippen LogP contribution in [0.25, 0.3) is 20.7 Å². The van der Waals surface area contributed by atoms with Gasteiger partial charge in [-0.3, -0.25) is 9.78 Å². The third-order valence-corrected chi connectivity index (χ3v) is 6.28. The number of amides is 1. The Morgan fingerprint density at radius 3 is 3.00 bits per heavy atom. The molecule has 158 valence electrons. The first-order valence-electron chi connectivity index (χ1n) is 10.1. The Morgan fingerprint density at radius 2 is 2.23 bits per heavy atom. The van der Waals surface area contributed by atoms with Crippen LogP contribution in [0.3, 0.4) is 0 Å². The number of carbonyl (C=O) groups excluding carboxylic acids is 1. The molecule has 30 heavy (non-hydrogen) atoms. The van der Waals surface area contributed by atoms with Gasteiger partial charge in [0.15, 0.2) is 11.6 Å². The van der Waals surface area contributed by atoms with Gasteiger partial charge in [-0.15, -0.1) is 11.3 Å². The van der Waals surface area contributed by atoms with E-state index >= 15 is 4.39 Å². The molecule has 3 aromatic rings. The summed E-state index contributed by atoms with van der Waals surface area (Å²) in [4.78, 5) is 21.9. The second-order valence-electron chi connectivity index (χ2n) is 6.96. The summed E-state index contributed by atoms with van der Waals surface area (Å²) in [5.74, 6) is -0.678. The Morgan fingerprint density at radius 1 is 1.40 bits per heavy atom. The number of nitrogens with two attached hydrogens (primary N) is 1. The highest BCUT2D eigenvalue weighted by Crippen LogP contribution is 2.38. The van der Waals surface area contributed by atoms with Crippen LogP contribution in [-0.2, 0) is 11.3 Å². The van der Waals surface area contributed by atoms with Gasteiger partial charge in [-0.1, -0.05) is 13.8 Å². The zero-order valence-electron chi connectivity index (χ0n) is 16.9. The molecule has 7 nitrogen and oxygen atoms in total. The Labute approximate surface area is 177 Å². The molecule has 0 aromatic carbocycles. The molecule has 0 radical (unpaired) electrons. The Hall–Kier alpha value is -2.62. The van der Waals surface area contributed by atoms with Crippen LogP contribution in [0.15, 0.2) is 24.5 Å². The van der Waals surface area contributed by atoms with Gasteiger partial charge in [-0.25, -0.2) is 9.37 Å². The molecule has 0 saturated carbocycles. The molecular formula is C21H24FN5O2S. The summed E-state index contributed by atoms with van der Waals surface area (Å²) in [5, 5.41) is 6.82. The van der Waals surface area contributed by atoms with E-state index in [9.17, 15) is 4.79 Å². The van der Waals surface area contributed by atoms with Crippen LogP contribution in [0.4, 0.5) is 10.2 Å². The number of nitrogens with one attached hydrogen (secondary N) is 2. The minimum Gasteiger partial charge on any atom is -0.380 e. The second-order valence-corrected chi connectivity index (χ2v) is 8.05. The number of pyridine rings is 2. The van der Waals surface area contributed by atoms with Crippen LogP contribution < -0.4 is 16.4 Å². The van der Waals surface area contributed by atoms with Crippen molar-refractivity contribution in [2.24, 2.45) is 5.73 Å². The normalized spacial score (nSPS) is 20.3. The van der Waals surface area contributed by atoms with Gasteiger partial charge in [0, 0.05) is 53.3 Å². The molecule has 2 aliphatic heterocycles. The maximum absolute atomic E-state index is 15.1. The standard InChI is InChI=1S/C19H18FN5O2S.C2H6/c20-16-10-7-23-19(26)15(10)17(14-5-9-6-22-3-1-13(9)28-14)25-18(16)24-12-2-4-27-8-11(12)21;1-2/h1,3,5-6,11-12H,2,4,7-8,21H2,(H,23,26)(H,24,25);1-2H3. The second kappa shape index (κ2) is 8.63. The van der Waals surface area contributed by atoms with Crippen LogP contribution in [0, 0.1) is 5.82 Å². The number of anilines is 1. The number of ether oxygens (including phenoxy) is 1. The molecule has 1 fully saturated rings. The maximum Gasteiger partial charge on any atom is 0.254 e. The number of rotatable bonds is 3. The largest absolute Gasteiger partial charge is 0.380 e. The number of hydrogen-bond acceptors (Lipinski definition) is 7.